The third-order valence-corrected chi connectivity index (χ3v) is 9.04. The third-order valence-electron chi connectivity index (χ3n) is 9.04. The number of anilines is 1. The first-order valence-corrected chi connectivity index (χ1v) is 16.3. The van der Waals surface area contributed by atoms with Crippen LogP contribution in [0.4, 0.5) is 5.69 Å². The molecular weight excluding hydrogens is 608 g/mol. The van der Waals surface area contributed by atoms with Gasteiger partial charge in [-0.2, -0.15) is 0 Å². The van der Waals surface area contributed by atoms with Crippen LogP contribution in [0.15, 0.2) is 84.9 Å². The monoisotopic (exact) mass is 650 g/mol. The molecule has 0 aliphatic carbocycles. The smallest absolute Gasteiger partial charge is 0.228 e. The molecule has 0 bridgehead atoms. The molecule has 1 unspecified atom stereocenters. The zero-order valence-corrected chi connectivity index (χ0v) is 27.6. The van der Waals surface area contributed by atoms with E-state index in [4.69, 9.17) is 18.9 Å². The summed E-state index contributed by atoms with van der Waals surface area (Å²) in [6.07, 6.45) is 0.902. The molecule has 0 spiro atoms. The molecule has 0 aromatic heterocycles. The van der Waals surface area contributed by atoms with Crippen LogP contribution in [-0.2, 0) is 40.3 Å². The summed E-state index contributed by atoms with van der Waals surface area (Å²) < 4.78 is 24.3. The van der Waals surface area contributed by atoms with Gasteiger partial charge in [0.2, 0.25) is 5.91 Å². The van der Waals surface area contributed by atoms with E-state index in [0.29, 0.717) is 17.7 Å². The minimum Gasteiger partial charge on any atom is -0.493 e. The second kappa shape index (κ2) is 15.1. The number of benzene rings is 4. The van der Waals surface area contributed by atoms with Crippen LogP contribution in [0.1, 0.15) is 69.5 Å². The lowest BCUT2D eigenvalue weighted by Crippen LogP contribution is -2.41. The van der Waals surface area contributed by atoms with Gasteiger partial charge in [-0.05, 0) is 65.4 Å². The summed E-state index contributed by atoms with van der Waals surface area (Å²) in [5.74, 6) is 1.26. The fraction of sp³-hybridized carbons (Fsp3) is 0.333. The second-order valence-electron chi connectivity index (χ2n) is 12.4. The van der Waals surface area contributed by atoms with E-state index in [9.17, 15) is 14.7 Å². The van der Waals surface area contributed by atoms with Gasteiger partial charge in [-0.3, -0.25) is 14.5 Å². The van der Waals surface area contributed by atoms with Gasteiger partial charge in [-0.1, -0.05) is 60.7 Å². The van der Waals surface area contributed by atoms with E-state index in [1.165, 1.54) is 18.1 Å². The molecule has 4 aromatic carbocycles. The molecule has 3 atom stereocenters. The Bertz CT molecular complexity index is 1740. The molecule has 4 aromatic rings. The molecule has 1 amide bonds. The van der Waals surface area contributed by atoms with E-state index in [0.717, 1.165) is 59.8 Å². The molecule has 9 nitrogen and oxygen atoms in total. The fourth-order valence-corrected chi connectivity index (χ4v) is 6.42. The van der Waals surface area contributed by atoms with E-state index >= 15 is 0 Å². The number of hydrogen-bond donors (Lipinski definition) is 2. The Balaban J connectivity index is 1.15. The van der Waals surface area contributed by atoms with E-state index in [1.54, 1.807) is 38.5 Å². The first-order valence-electron chi connectivity index (χ1n) is 16.3. The number of amides is 1. The van der Waals surface area contributed by atoms with Gasteiger partial charge in [-0.15, -0.1) is 0 Å². The van der Waals surface area contributed by atoms with Crippen molar-refractivity contribution >= 4 is 17.4 Å². The van der Waals surface area contributed by atoms with Crippen LogP contribution in [0.5, 0.6) is 11.5 Å². The fourth-order valence-electron chi connectivity index (χ4n) is 6.42. The van der Waals surface area contributed by atoms with Crippen molar-refractivity contribution in [1.29, 1.82) is 0 Å². The van der Waals surface area contributed by atoms with E-state index in [-0.39, 0.29) is 36.9 Å². The Labute approximate surface area is 281 Å². The van der Waals surface area contributed by atoms with Crippen LogP contribution in [0.3, 0.4) is 0 Å². The predicted molar refractivity (Wildman–Crippen MR) is 182 cm³/mol. The molecule has 2 heterocycles. The molecule has 9 heteroatoms. The maximum absolute atomic E-state index is 12.8. The molecule has 0 radical (unpaired) electrons. The lowest BCUT2D eigenvalue weighted by atomic mass is 9.96. The van der Waals surface area contributed by atoms with Gasteiger partial charge in [0.25, 0.3) is 0 Å². The summed E-state index contributed by atoms with van der Waals surface area (Å²) in [5.41, 5.74) is 7.25. The first kappa shape index (κ1) is 33.4. The van der Waals surface area contributed by atoms with Crippen LogP contribution in [0, 0.1) is 0 Å². The molecule has 2 N–H and O–H groups in total. The van der Waals surface area contributed by atoms with E-state index in [2.05, 4.69) is 22.3 Å². The molecule has 1 saturated heterocycles. The molecule has 2 aliphatic heterocycles. The van der Waals surface area contributed by atoms with Crippen molar-refractivity contribution in [3.8, 4) is 11.5 Å². The van der Waals surface area contributed by atoms with Gasteiger partial charge < -0.3 is 29.4 Å². The summed E-state index contributed by atoms with van der Waals surface area (Å²) in [4.78, 5) is 26.9. The quantitative estimate of drug-likeness (QED) is 0.185. The maximum atomic E-state index is 12.8. The topological polar surface area (TPSA) is 107 Å². The molecule has 0 saturated carbocycles. The minimum absolute atomic E-state index is 0.0115. The molecule has 6 rings (SSSR count). The summed E-state index contributed by atoms with van der Waals surface area (Å²) in [5, 5.41) is 12.4. The Morgan fingerprint density at radius 1 is 0.875 bits per heavy atom. The number of fused-ring (bicyclic) bond motifs is 1. The predicted octanol–water partition coefficient (Wildman–Crippen LogP) is 6.18. The third kappa shape index (κ3) is 7.94. The minimum atomic E-state index is -0.593. The zero-order chi connectivity index (χ0) is 33.6. The number of carbonyl (C=O) groups excluding carboxylic acids is 2. The number of hydrogen-bond acceptors (Lipinski definition) is 8. The number of ether oxygens (including phenoxy) is 4. The maximum Gasteiger partial charge on any atom is 0.228 e. The van der Waals surface area contributed by atoms with Crippen molar-refractivity contribution in [2.45, 2.75) is 57.8 Å². The lowest BCUT2D eigenvalue weighted by molar-refractivity contribution is -0.253. The number of rotatable bonds is 11. The number of methoxy groups -OCH3 is 2. The second-order valence-corrected chi connectivity index (χ2v) is 12.4. The van der Waals surface area contributed by atoms with Gasteiger partial charge in [0.05, 0.1) is 39.5 Å². The number of aliphatic hydroxyl groups is 1. The Morgan fingerprint density at radius 3 is 2.25 bits per heavy atom. The molecular formula is C39H42N2O7. The zero-order valence-electron chi connectivity index (χ0n) is 27.6. The highest BCUT2D eigenvalue weighted by molar-refractivity contribution is 5.97. The highest BCUT2D eigenvalue weighted by Crippen LogP contribution is 2.39. The number of nitrogens with zero attached hydrogens (tertiary/aromatic N) is 1. The molecule has 2 aliphatic rings. The molecule has 1 fully saturated rings. The number of aliphatic hydroxyl groups excluding tert-OH is 1. The van der Waals surface area contributed by atoms with Crippen LogP contribution in [0.25, 0.3) is 0 Å². The first-order chi connectivity index (χ1) is 23.3. The average molecular weight is 651 g/mol. The summed E-state index contributed by atoms with van der Waals surface area (Å²) in [6.45, 7) is 3.92. The number of carbonyl (C=O) groups is 2. The summed E-state index contributed by atoms with van der Waals surface area (Å²) >= 11 is 0. The van der Waals surface area contributed by atoms with Crippen LogP contribution >= 0.6 is 0 Å². The van der Waals surface area contributed by atoms with Crippen LogP contribution in [0.2, 0.25) is 0 Å². The van der Waals surface area contributed by atoms with Gasteiger partial charge in [0.1, 0.15) is 0 Å². The summed E-state index contributed by atoms with van der Waals surface area (Å²) in [7, 11) is 3.32. The van der Waals surface area contributed by atoms with Crippen molar-refractivity contribution in [2.75, 3.05) is 32.6 Å². The highest BCUT2D eigenvalue weighted by Gasteiger charge is 2.34. The molecule has 48 heavy (non-hydrogen) atoms. The van der Waals surface area contributed by atoms with Gasteiger partial charge in [0.15, 0.2) is 23.6 Å². The van der Waals surface area contributed by atoms with Crippen molar-refractivity contribution < 1.29 is 33.6 Å². The number of Topliss-reactive ketones (excluding diaryl/α,β-unsaturated/α-hetero) is 1. The molecule has 250 valence electrons. The Hall–Kier alpha value is -4.54. The van der Waals surface area contributed by atoms with Crippen molar-refractivity contribution in [2.24, 2.45) is 0 Å². The Kier molecular flexibility index (Phi) is 10.5. The van der Waals surface area contributed by atoms with Crippen molar-refractivity contribution in [1.82, 2.24) is 4.90 Å². The average Bonchev–Trinajstić information content (AvgIpc) is 3.11. The Morgan fingerprint density at radius 2 is 1.56 bits per heavy atom. The number of nitrogens with one attached hydrogen (secondary N) is 1. The van der Waals surface area contributed by atoms with Crippen molar-refractivity contribution in [3.05, 3.63) is 124 Å². The normalized spacial score (nSPS) is 19.3. The van der Waals surface area contributed by atoms with E-state index < -0.39 is 6.29 Å². The summed E-state index contributed by atoms with van der Waals surface area (Å²) in [6, 6.07) is 26.7. The van der Waals surface area contributed by atoms with Gasteiger partial charge in [-0.25, -0.2) is 0 Å². The largest absolute Gasteiger partial charge is 0.493 e. The standard InChI is InChI=1S/C39H42N2O7/c1-25(43)30-5-4-6-33(18-30)40-38(44)17-26-7-13-29(14-8-26)39-47-34(21-35(48-39)28-11-9-27(24-42)10-12-28)23-41-16-15-31-19-36(45-2)37(46-3)20-32(31)22-41/h4-14,18-20,34-35,39,42H,15-17,21-24H2,1-3H3,(H,40,44)/t34-,35+,39?/m0/s1. The number of ketones is 1. The lowest BCUT2D eigenvalue weighted by Gasteiger charge is -2.39. The van der Waals surface area contributed by atoms with E-state index in [1.807, 2.05) is 48.5 Å². The van der Waals surface area contributed by atoms with Gasteiger partial charge >= 0.3 is 0 Å². The SMILES string of the molecule is COc1cc2c(cc1OC)CN(C[C@@H]1C[C@H](c3ccc(CO)cc3)OC(c3ccc(CC(=O)Nc4cccc(C(C)=O)c4)cc3)O1)CC2. The van der Waals surface area contributed by atoms with Crippen LogP contribution < -0.4 is 14.8 Å². The van der Waals surface area contributed by atoms with Gasteiger partial charge in [0, 0.05) is 42.9 Å². The van der Waals surface area contributed by atoms with Crippen molar-refractivity contribution in [3.63, 3.8) is 0 Å². The highest BCUT2D eigenvalue weighted by atomic mass is 16.7. The van der Waals surface area contributed by atoms with Crippen LogP contribution in [-0.4, -0.2) is 55.1 Å².